The third-order valence-electron chi connectivity index (χ3n) is 2.43. The van der Waals surface area contributed by atoms with Gasteiger partial charge >= 0.3 is 0 Å². The van der Waals surface area contributed by atoms with Crippen molar-refractivity contribution in [2.24, 2.45) is 0 Å². The molecule has 0 aliphatic rings. The van der Waals surface area contributed by atoms with Gasteiger partial charge in [-0.1, -0.05) is 0 Å². The Balaban J connectivity index is 1.94. The zero-order valence-electron chi connectivity index (χ0n) is 10.4. The predicted molar refractivity (Wildman–Crippen MR) is 73.8 cm³/mol. The van der Waals surface area contributed by atoms with Crippen LogP contribution in [0.3, 0.4) is 0 Å². The van der Waals surface area contributed by atoms with Crippen LogP contribution in [0.15, 0.2) is 29.3 Å². The topological polar surface area (TPSA) is 90.0 Å². The first-order valence-electron chi connectivity index (χ1n) is 5.68. The van der Waals surface area contributed by atoms with Crippen molar-refractivity contribution in [1.82, 2.24) is 14.9 Å². The first-order valence-corrected chi connectivity index (χ1v) is 6.50. The van der Waals surface area contributed by atoms with E-state index in [1.54, 1.807) is 6.20 Å². The number of rotatable bonds is 4. The normalized spacial score (nSPS) is 10.4. The molecule has 6 nitrogen and oxygen atoms in total. The van der Waals surface area contributed by atoms with Gasteiger partial charge in [0.05, 0.1) is 6.54 Å². The van der Waals surface area contributed by atoms with Crippen LogP contribution in [0.2, 0.25) is 0 Å². The molecule has 1 amide bonds. The fraction of sp³-hybridized carbons (Fsp3) is 0.250. The Morgan fingerprint density at radius 3 is 3.00 bits per heavy atom. The third kappa shape index (κ3) is 3.65. The number of hydrogen-bond acceptors (Lipinski definition) is 5. The molecule has 7 heteroatoms. The molecule has 0 aliphatic heterocycles. The van der Waals surface area contributed by atoms with E-state index in [2.05, 4.69) is 10.3 Å². The number of nitrogen functional groups attached to an aromatic ring is 1. The van der Waals surface area contributed by atoms with Crippen LogP contribution in [-0.4, -0.2) is 15.5 Å². The van der Waals surface area contributed by atoms with Gasteiger partial charge < -0.3 is 15.6 Å². The van der Waals surface area contributed by atoms with Crippen LogP contribution >= 0.6 is 11.3 Å². The summed E-state index contributed by atoms with van der Waals surface area (Å²) in [6.07, 6.45) is 3.21. The monoisotopic (exact) mass is 278 g/mol. The van der Waals surface area contributed by atoms with E-state index in [0.29, 0.717) is 12.2 Å². The molecule has 0 unspecified atom stereocenters. The maximum atomic E-state index is 11.7. The van der Waals surface area contributed by atoms with Crippen LogP contribution in [0, 0.1) is 6.92 Å². The van der Waals surface area contributed by atoms with Crippen LogP contribution < -0.4 is 16.6 Å². The summed E-state index contributed by atoms with van der Waals surface area (Å²) in [5, 5.41) is 3.55. The van der Waals surface area contributed by atoms with Crippen LogP contribution in [0.25, 0.3) is 0 Å². The van der Waals surface area contributed by atoms with Crippen molar-refractivity contribution in [3.8, 4) is 0 Å². The molecule has 0 aromatic carbocycles. The number of nitrogens with two attached hydrogens (primary N) is 1. The lowest BCUT2D eigenvalue weighted by atomic mass is 10.4. The van der Waals surface area contributed by atoms with Gasteiger partial charge in [0.15, 0.2) is 0 Å². The number of carbonyl (C=O) groups is 1. The lowest BCUT2D eigenvalue weighted by Crippen LogP contribution is -2.31. The maximum absolute atomic E-state index is 11.7. The Morgan fingerprint density at radius 2 is 2.32 bits per heavy atom. The molecule has 0 bridgehead atoms. The Kier molecular flexibility index (Phi) is 3.96. The van der Waals surface area contributed by atoms with Crippen molar-refractivity contribution in [3.05, 3.63) is 44.8 Å². The number of anilines is 1. The number of nitrogens with one attached hydrogen (secondary N) is 1. The van der Waals surface area contributed by atoms with E-state index in [-0.39, 0.29) is 18.0 Å². The van der Waals surface area contributed by atoms with Crippen LogP contribution in [0.4, 0.5) is 5.69 Å². The second-order valence-corrected chi connectivity index (χ2v) is 5.39. The molecular weight excluding hydrogens is 264 g/mol. The Morgan fingerprint density at radius 1 is 1.53 bits per heavy atom. The van der Waals surface area contributed by atoms with Gasteiger partial charge in [-0.3, -0.25) is 9.59 Å². The highest BCUT2D eigenvalue weighted by atomic mass is 32.1. The van der Waals surface area contributed by atoms with Gasteiger partial charge in [-0.2, -0.15) is 0 Å². The average molecular weight is 278 g/mol. The molecule has 0 aliphatic carbocycles. The number of aromatic nitrogens is 2. The minimum atomic E-state index is -0.255. The number of pyridine rings is 1. The molecule has 100 valence electrons. The van der Waals surface area contributed by atoms with Gasteiger partial charge in [0, 0.05) is 29.0 Å². The fourth-order valence-corrected chi connectivity index (χ4v) is 2.27. The van der Waals surface area contributed by atoms with Crippen molar-refractivity contribution in [3.63, 3.8) is 0 Å². The predicted octanol–water partition coefficient (Wildman–Crippen LogP) is 0.512. The summed E-state index contributed by atoms with van der Waals surface area (Å²) in [4.78, 5) is 28.5. The lowest BCUT2D eigenvalue weighted by molar-refractivity contribution is -0.121. The highest BCUT2D eigenvalue weighted by molar-refractivity contribution is 7.11. The Hall–Kier alpha value is -2.15. The summed E-state index contributed by atoms with van der Waals surface area (Å²) >= 11 is 1.53. The molecule has 2 aromatic rings. The maximum Gasteiger partial charge on any atom is 0.251 e. The van der Waals surface area contributed by atoms with Crippen molar-refractivity contribution >= 4 is 22.9 Å². The van der Waals surface area contributed by atoms with E-state index < -0.39 is 0 Å². The Labute approximate surface area is 113 Å². The van der Waals surface area contributed by atoms with E-state index in [1.165, 1.54) is 34.2 Å². The van der Waals surface area contributed by atoms with Gasteiger partial charge in [0.2, 0.25) is 5.91 Å². The van der Waals surface area contributed by atoms with Gasteiger partial charge in [0.1, 0.15) is 11.6 Å². The van der Waals surface area contributed by atoms with Gasteiger partial charge in [-0.25, -0.2) is 4.98 Å². The van der Waals surface area contributed by atoms with Gasteiger partial charge in [0.25, 0.3) is 5.56 Å². The molecule has 2 heterocycles. The van der Waals surface area contributed by atoms with Gasteiger partial charge in [-0.15, -0.1) is 11.3 Å². The van der Waals surface area contributed by atoms with Gasteiger partial charge in [-0.05, 0) is 13.0 Å². The zero-order chi connectivity index (χ0) is 13.8. The number of nitrogens with zero attached hydrogens (tertiary/aromatic N) is 2. The zero-order valence-corrected chi connectivity index (χ0v) is 11.2. The highest BCUT2D eigenvalue weighted by Crippen LogP contribution is 2.10. The average Bonchev–Trinajstić information content (AvgIpc) is 2.77. The van der Waals surface area contributed by atoms with E-state index in [9.17, 15) is 9.59 Å². The molecule has 2 aromatic heterocycles. The molecule has 19 heavy (non-hydrogen) atoms. The summed E-state index contributed by atoms with van der Waals surface area (Å²) in [6.45, 7) is 2.28. The number of carbonyl (C=O) groups excluding carboxylic acids is 1. The minimum absolute atomic E-state index is 0.0474. The third-order valence-corrected chi connectivity index (χ3v) is 3.34. The fourth-order valence-electron chi connectivity index (χ4n) is 1.54. The lowest BCUT2D eigenvalue weighted by Gasteiger charge is -2.06. The van der Waals surface area contributed by atoms with E-state index in [4.69, 9.17) is 5.73 Å². The largest absolute Gasteiger partial charge is 0.398 e. The summed E-state index contributed by atoms with van der Waals surface area (Å²) in [5.74, 6) is -0.249. The highest BCUT2D eigenvalue weighted by Gasteiger charge is 2.06. The standard InChI is InChI=1S/C12H14N4O2S/c1-8-4-15-11(19-8)5-14-10(17)7-16-6-9(13)2-3-12(16)18/h2-4,6H,5,7,13H2,1H3,(H,14,17). The van der Waals surface area contributed by atoms with Crippen molar-refractivity contribution in [2.75, 3.05) is 5.73 Å². The number of amides is 1. The summed E-state index contributed by atoms with van der Waals surface area (Å²) in [7, 11) is 0. The molecule has 0 spiro atoms. The second kappa shape index (κ2) is 5.66. The molecular formula is C12H14N4O2S. The van der Waals surface area contributed by atoms with E-state index in [1.807, 2.05) is 6.92 Å². The smallest absolute Gasteiger partial charge is 0.251 e. The number of aryl methyl sites for hydroxylation is 1. The van der Waals surface area contributed by atoms with Crippen molar-refractivity contribution < 1.29 is 4.79 Å². The summed E-state index contributed by atoms with van der Waals surface area (Å²) in [6, 6.07) is 2.85. The van der Waals surface area contributed by atoms with Crippen LogP contribution in [0.1, 0.15) is 9.88 Å². The molecule has 3 N–H and O–H groups in total. The first-order chi connectivity index (χ1) is 9.04. The van der Waals surface area contributed by atoms with E-state index in [0.717, 1.165) is 9.88 Å². The molecule has 0 atom stereocenters. The quantitative estimate of drug-likeness (QED) is 0.852. The molecule has 0 saturated heterocycles. The van der Waals surface area contributed by atoms with Crippen LogP contribution in [-0.2, 0) is 17.9 Å². The Bertz CT molecular complexity index is 647. The van der Waals surface area contributed by atoms with E-state index >= 15 is 0 Å². The molecule has 2 rings (SSSR count). The molecule has 0 fully saturated rings. The second-order valence-electron chi connectivity index (χ2n) is 4.07. The van der Waals surface area contributed by atoms with Crippen molar-refractivity contribution in [1.29, 1.82) is 0 Å². The van der Waals surface area contributed by atoms with Crippen molar-refractivity contribution in [2.45, 2.75) is 20.0 Å². The number of hydrogen-bond donors (Lipinski definition) is 2. The molecule has 0 saturated carbocycles. The number of thiazole rings is 1. The first kappa shape index (κ1) is 13.3. The summed E-state index contributed by atoms with van der Waals surface area (Å²) < 4.78 is 1.28. The van der Waals surface area contributed by atoms with Crippen LogP contribution in [0.5, 0.6) is 0 Å². The summed E-state index contributed by atoms with van der Waals surface area (Å²) in [5.41, 5.74) is 5.76. The molecule has 0 radical (unpaired) electrons. The minimum Gasteiger partial charge on any atom is -0.398 e. The SMILES string of the molecule is Cc1cnc(CNC(=O)Cn2cc(N)ccc2=O)s1.